The number of hydrogen-bond donors (Lipinski definition) is 2. The summed E-state index contributed by atoms with van der Waals surface area (Å²) in [7, 11) is 0. The van der Waals surface area contributed by atoms with Gasteiger partial charge in [-0.25, -0.2) is 0 Å². The number of H-pyrrole nitrogens is 1. The van der Waals surface area contributed by atoms with E-state index in [-0.39, 0.29) is 30.2 Å². The number of aryl methyl sites for hydroxylation is 1. The van der Waals surface area contributed by atoms with Crippen LogP contribution in [0.2, 0.25) is 0 Å². The number of para-hydroxylation sites is 1. The SMILES string of the molecule is CCN(C(=O)Cc1ccc(NC(=O)CCc2c(C)[nH]c(=O)c(C#N)c2C)cc1)c1ccccc1. The minimum Gasteiger partial charge on any atom is -0.326 e. The number of carbonyl (C=O) groups is 2. The number of benzene rings is 2. The van der Waals surface area contributed by atoms with E-state index in [0.717, 1.165) is 16.8 Å². The van der Waals surface area contributed by atoms with Crippen molar-refractivity contribution >= 4 is 23.2 Å². The first-order chi connectivity index (χ1) is 16.3. The molecule has 0 aliphatic rings. The topological polar surface area (TPSA) is 106 Å². The lowest BCUT2D eigenvalue weighted by atomic mass is 9.99. The fraction of sp³-hybridized carbons (Fsp3) is 0.259. The van der Waals surface area contributed by atoms with Gasteiger partial charge in [-0.15, -0.1) is 0 Å². The van der Waals surface area contributed by atoms with Gasteiger partial charge in [0.2, 0.25) is 11.8 Å². The lowest BCUT2D eigenvalue weighted by molar-refractivity contribution is -0.118. The number of amides is 2. The highest BCUT2D eigenvalue weighted by Gasteiger charge is 2.15. The molecule has 7 nitrogen and oxygen atoms in total. The Kier molecular flexibility index (Phi) is 7.99. The number of nitrogens with zero attached hydrogens (tertiary/aromatic N) is 2. The molecule has 3 aromatic rings. The van der Waals surface area contributed by atoms with Gasteiger partial charge in [0.15, 0.2) is 0 Å². The maximum Gasteiger partial charge on any atom is 0.266 e. The lowest BCUT2D eigenvalue weighted by Crippen LogP contribution is -2.31. The summed E-state index contributed by atoms with van der Waals surface area (Å²) in [6.07, 6.45) is 0.887. The van der Waals surface area contributed by atoms with Crippen molar-refractivity contribution in [2.45, 2.75) is 40.0 Å². The molecule has 0 radical (unpaired) electrons. The number of aromatic amines is 1. The average molecular weight is 457 g/mol. The van der Waals surface area contributed by atoms with Gasteiger partial charge in [0, 0.05) is 30.0 Å². The maximum absolute atomic E-state index is 12.8. The van der Waals surface area contributed by atoms with Crippen molar-refractivity contribution < 1.29 is 9.59 Å². The summed E-state index contributed by atoms with van der Waals surface area (Å²) in [6.45, 7) is 6.02. The Hall–Kier alpha value is -4.18. The zero-order valence-corrected chi connectivity index (χ0v) is 19.6. The van der Waals surface area contributed by atoms with Crippen LogP contribution in [0.3, 0.4) is 0 Å². The van der Waals surface area contributed by atoms with E-state index in [0.29, 0.717) is 29.9 Å². The summed E-state index contributed by atoms with van der Waals surface area (Å²) in [5.74, 6) is -0.164. The Labute approximate surface area is 199 Å². The fourth-order valence-electron chi connectivity index (χ4n) is 3.97. The molecule has 0 bridgehead atoms. The molecule has 0 spiro atoms. The summed E-state index contributed by atoms with van der Waals surface area (Å²) in [5.41, 5.74) is 4.13. The van der Waals surface area contributed by atoms with Gasteiger partial charge in [-0.3, -0.25) is 14.4 Å². The quantitative estimate of drug-likeness (QED) is 0.534. The average Bonchev–Trinajstić information content (AvgIpc) is 2.81. The van der Waals surface area contributed by atoms with Crippen molar-refractivity contribution in [3.05, 3.63) is 92.9 Å². The third-order valence-electron chi connectivity index (χ3n) is 5.80. The van der Waals surface area contributed by atoms with E-state index in [4.69, 9.17) is 0 Å². The van der Waals surface area contributed by atoms with Gasteiger partial charge in [0.1, 0.15) is 11.6 Å². The minimum absolute atomic E-state index is 0.00821. The molecule has 0 unspecified atom stereocenters. The highest BCUT2D eigenvalue weighted by atomic mass is 16.2. The Bertz CT molecular complexity index is 1270. The number of pyridine rings is 1. The summed E-state index contributed by atoms with van der Waals surface area (Å²) in [5, 5.41) is 12.1. The first kappa shape index (κ1) is 24.5. The molecule has 0 saturated heterocycles. The Balaban J connectivity index is 1.59. The number of nitriles is 1. The van der Waals surface area contributed by atoms with Crippen molar-refractivity contribution in [3.63, 3.8) is 0 Å². The zero-order chi connectivity index (χ0) is 24.7. The standard InChI is InChI=1S/C27H28N4O3/c1-4-31(22-8-6-5-7-9-22)26(33)16-20-10-12-21(13-11-20)30-25(32)15-14-23-18(2)24(17-28)27(34)29-19(23)3/h5-13H,4,14-16H2,1-3H3,(H,29,34)(H,30,32). The highest BCUT2D eigenvalue weighted by molar-refractivity contribution is 5.95. The normalized spacial score (nSPS) is 10.4. The summed E-state index contributed by atoms with van der Waals surface area (Å²) in [6, 6.07) is 18.7. The van der Waals surface area contributed by atoms with Crippen molar-refractivity contribution in [1.82, 2.24) is 4.98 Å². The molecule has 1 aromatic heterocycles. The van der Waals surface area contributed by atoms with E-state index in [1.54, 1.807) is 30.9 Å². The number of anilines is 2. The predicted molar refractivity (Wildman–Crippen MR) is 133 cm³/mol. The van der Waals surface area contributed by atoms with Gasteiger partial charge in [-0.05, 0) is 68.1 Å². The maximum atomic E-state index is 12.8. The number of nitrogens with one attached hydrogen (secondary N) is 2. The van der Waals surface area contributed by atoms with Crippen LogP contribution in [0.5, 0.6) is 0 Å². The van der Waals surface area contributed by atoms with Crippen LogP contribution in [-0.4, -0.2) is 23.3 Å². The van der Waals surface area contributed by atoms with Crippen LogP contribution in [-0.2, 0) is 22.4 Å². The van der Waals surface area contributed by atoms with E-state index >= 15 is 0 Å². The van der Waals surface area contributed by atoms with Gasteiger partial charge >= 0.3 is 0 Å². The largest absolute Gasteiger partial charge is 0.326 e. The Morgan fingerprint density at radius 1 is 1.06 bits per heavy atom. The second-order valence-corrected chi connectivity index (χ2v) is 8.06. The van der Waals surface area contributed by atoms with Gasteiger partial charge < -0.3 is 15.2 Å². The van der Waals surface area contributed by atoms with Crippen LogP contribution in [0.1, 0.15) is 41.3 Å². The summed E-state index contributed by atoms with van der Waals surface area (Å²) in [4.78, 5) is 41.5. The molecule has 2 N–H and O–H groups in total. The van der Waals surface area contributed by atoms with E-state index in [1.165, 1.54) is 0 Å². The molecule has 7 heteroatoms. The Morgan fingerprint density at radius 2 is 1.74 bits per heavy atom. The van der Waals surface area contributed by atoms with E-state index in [1.807, 2.05) is 55.5 Å². The van der Waals surface area contributed by atoms with Crippen molar-refractivity contribution in [2.24, 2.45) is 0 Å². The van der Waals surface area contributed by atoms with Crippen LogP contribution >= 0.6 is 0 Å². The van der Waals surface area contributed by atoms with Gasteiger partial charge in [-0.2, -0.15) is 5.26 Å². The number of likely N-dealkylation sites (N-methyl/N-ethyl adjacent to an activating group) is 1. The second kappa shape index (κ2) is 11.1. The number of rotatable bonds is 8. The van der Waals surface area contributed by atoms with Gasteiger partial charge in [-0.1, -0.05) is 30.3 Å². The van der Waals surface area contributed by atoms with Crippen molar-refractivity contribution in [1.29, 1.82) is 5.26 Å². The molecule has 0 aliphatic carbocycles. The second-order valence-electron chi connectivity index (χ2n) is 8.06. The van der Waals surface area contributed by atoms with Gasteiger partial charge in [0.25, 0.3) is 5.56 Å². The number of carbonyl (C=O) groups excluding carboxylic acids is 2. The third-order valence-corrected chi connectivity index (χ3v) is 5.80. The molecule has 0 aliphatic heterocycles. The first-order valence-corrected chi connectivity index (χ1v) is 11.2. The molecule has 0 fully saturated rings. The van der Waals surface area contributed by atoms with E-state index in [9.17, 15) is 19.6 Å². The third kappa shape index (κ3) is 5.78. The smallest absolute Gasteiger partial charge is 0.266 e. The summed E-state index contributed by atoms with van der Waals surface area (Å²) >= 11 is 0. The molecular formula is C27H28N4O3. The van der Waals surface area contributed by atoms with E-state index < -0.39 is 5.56 Å². The monoisotopic (exact) mass is 456 g/mol. The predicted octanol–water partition coefficient (Wildman–Crippen LogP) is 4.03. The van der Waals surface area contributed by atoms with Crippen molar-refractivity contribution in [2.75, 3.05) is 16.8 Å². The molecule has 0 atom stereocenters. The molecule has 0 saturated carbocycles. The molecule has 3 rings (SSSR count). The number of aromatic nitrogens is 1. The molecule has 1 heterocycles. The van der Waals surface area contributed by atoms with Crippen LogP contribution in [0, 0.1) is 25.2 Å². The van der Waals surface area contributed by atoms with Crippen LogP contribution in [0.15, 0.2) is 59.4 Å². The lowest BCUT2D eigenvalue weighted by Gasteiger charge is -2.21. The highest BCUT2D eigenvalue weighted by Crippen LogP contribution is 2.18. The molecule has 34 heavy (non-hydrogen) atoms. The molecule has 2 aromatic carbocycles. The van der Waals surface area contributed by atoms with Crippen LogP contribution in [0.25, 0.3) is 0 Å². The zero-order valence-electron chi connectivity index (χ0n) is 19.6. The van der Waals surface area contributed by atoms with Crippen LogP contribution < -0.4 is 15.8 Å². The van der Waals surface area contributed by atoms with Crippen LogP contribution in [0.4, 0.5) is 11.4 Å². The minimum atomic E-state index is -0.407. The summed E-state index contributed by atoms with van der Waals surface area (Å²) < 4.78 is 0. The Morgan fingerprint density at radius 3 is 2.35 bits per heavy atom. The van der Waals surface area contributed by atoms with E-state index in [2.05, 4.69) is 10.3 Å². The number of hydrogen-bond acceptors (Lipinski definition) is 4. The molecular weight excluding hydrogens is 428 g/mol. The fourth-order valence-corrected chi connectivity index (χ4v) is 3.97. The first-order valence-electron chi connectivity index (χ1n) is 11.2. The van der Waals surface area contributed by atoms with Gasteiger partial charge in [0.05, 0.1) is 6.42 Å². The van der Waals surface area contributed by atoms with Crippen molar-refractivity contribution in [3.8, 4) is 6.07 Å². The molecule has 2 amide bonds. The molecule has 174 valence electrons.